The van der Waals surface area contributed by atoms with Crippen molar-refractivity contribution in [2.45, 2.75) is 19.3 Å². The molecule has 1 aliphatic heterocycles. The number of hydrogen-bond donors (Lipinski definition) is 2. The molecule has 0 aromatic carbocycles. The van der Waals surface area contributed by atoms with Crippen molar-refractivity contribution in [3.05, 3.63) is 23.7 Å². The molecule has 2 rings (SSSR count). The molecule has 1 unspecified atom stereocenters. The van der Waals surface area contributed by atoms with Gasteiger partial charge in [-0.25, -0.2) is 4.98 Å². The number of carbonyl (C=O) groups is 1. The summed E-state index contributed by atoms with van der Waals surface area (Å²) in [5.41, 5.74) is 0.240. The maximum Gasteiger partial charge on any atom is 0.273 e. The van der Waals surface area contributed by atoms with Crippen molar-refractivity contribution < 1.29 is 9.90 Å². The lowest BCUT2D eigenvalue weighted by Crippen LogP contribution is -2.47. The summed E-state index contributed by atoms with van der Waals surface area (Å²) in [7, 11) is 1.79. The van der Waals surface area contributed by atoms with Gasteiger partial charge in [-0.15, -0.1) is 17.9 Å². The summed E-state index contributed by atoms with van der Waals surface area (Å²) in [6.07, 6.45) is 4.39. The van der Waals surface area contributed by atoms with E-state index in [2.05, 4.69) is 16.9 Å². The number of nitrogens with one attached hydrogen (secondary N) is 1. The normalized spacial score (nSPS) is 22.6. The Morgan fingerprint density at radius 1 is 1.75 bits per heavy atom. The fourth-order valence-corrected chi connectivity index (χ4v) is 3.34. The Balaban J connectivity index is 2.11. The van der Waals surface area contributed by atoms with Crippen LogP contribution in [0.3, 0.4) is 0 Å². The maximum absolute atomic E-state index is 12.5. The summed E-state index contributed by atoms with van der Waals surface area (Å²) in [4.78, 5) is 18.5. The van der Waals surface area contributed by atoms with E-state index in [-0.39, 0.29) is 17.9 Å². The van der Waals surface area contributed by atoms with Crippen molar-refractivity contribution in [3.8, 4) is 0 Å². The van der Waals surface area contributed by atoms with Gasteiger partial charge >= 0.3 is 0 Å². The molecule has 0 radical (unpaired) electrons. The van der Waals surface area contributed by atoms with E-state index >= 15 is 0 Å². The molecule has 0 spiro atoms. The number of hydrogen-bond acceptors (Lipinski definition) is 5. The quantitative estimate of drug-likeness (QED) is 0.815. The van der Waals surface area contributed by atoms with E-state index in [9.17, 15) is 9.90 Å². The predicted molar refractivity (Wildman–Crippen MR) is 81.1 cm³/mol. The van der Waals surface area contributed by atoms with Gasteiger partial charge in [0, 0.05) is 30.9 Å². The fraction of sp³-hybridized carbons (Fsp3) is 0.571. The van der Waals surface area contributed by atoms with Crippen molar-refractivity contribution in [2.24, 2.45) is 5.41 Å². The number of likely N-dealkylation sites (tertiary alicyclic amines) is 1. The van der Waals surface area contributed by atoms with Crippen LogP contribution in [0.15, 0.2) is 18.0 Å². The molecule has 1 saturated heterocycles. The summed E-state index contributed by atoms with van der Waals surface area (Å²) in [5.74, 6) is -0.0515. The number of anilines is 1. The van der Waals surface area contributed by atoms with Crippen LogP contribution in [-0.2, 0) is 0 Å². The first-order valence-corrected chi connectivity index (χ1v) is 7.66. The van der Waals surface area contributed by atoms with Crippen LogP contribution in [0.4, 0.5) is 5.13 Å². The average Bonchev–Trinajstić information content (AvgIpc) is 2.96. The van der Waals surface area contributed by atoms with Gasteiger partial charge in [0.1, 0.15) is 5.69 Å². The van der Waals surface area contributed by atoms with Gasteiger partial charge in [0.2, 0.25) is 0 Å². The number of carbonyl (C=O) groups excluding carboxylic acids is 1. The summed E-state index contributed by atoms with van der Waals surface area (Å²) < 4.78 is 0. The van der Waals surface area contributed by atoms with Gasteiger partial charge in [-0.2, -0.15) is 0 Å². The van der Waals surface area contributed by atoms with Crippen molar-refractivity contribution in [1.29, 1.82) is 0 Å². The standard InChI is InChI=1S/C14H21N3O2S/c1-3-5-14(10-18)6-4-7-17(9-14)12(19)11-8-20-13(15-2)16-11/h3,8,18H,1,4-7,9-10H2,2H3,(H,15,16). The predicted octanol–water partition coefficient (Wildman–Crippen LogP) is 1.98. The molecular formula is C14H21N3O2S. The third-order valence-corrected chi connectivity index (χ3v) is 4.66. The van der Waals surface area contributed by atoms with Crippen LogP contribution in [0.1, 0.15) is 29.8 Å². The van der Waals surface area contributed by atoms with E-state index in [1.165, 1.54) is 11.3 Å². The third kappa shape index (κ3) is 3.02. The van der Waals surface area contributed by atoms with Crippen LogP contribution in [0.5, 0.6) is 0 Å². The minimum atomic E-state index is -0.239. The second kappa shape index (κ2) is 6.37. The largest absolute Gasteiger partial charge is 0.396 e. The van der Waals surface area contributed by atoms with E-state index < -0.39 is 0 Å². The lowest BCUT2D eigenvalue weighted by atomic mass is 9.78. The number of nitrogens with zero attached hydrogens (tertiary/aromatic N) is 2. The van der Waals surface area contributed by atoms with E-state index in [4.69, 9.17) is 0 Å². The van der Waals surface area contributed by atoms with E-state index in [0.29, 0.717) is 12.2 Å². The topological polar surface area (TPSA) is 65.5 Å². The zero-order chi connectivity index (χ0) is 14.6. The van der Waals surface area contributed by atoms with Crippen molar-refractivity contribution in [3.63, 3.8) is 0 Å². The Morgan fingerprint density at radius 3 is 3.15 bits per heavy atom. The fourth-order valence-electron chi connectivity index (χ4n) is 2.70. The lowest BCUT2D eigenvalue weighted by molar-refractivity contribution is 0.0282. The number of thiazole rings is 1. The highest BCUT2D eigenvalue weighted by atomic mass is 32.1. The number of piperidine rings is 1. The first-order valence-electron chi connectivity index (χ1n) is 6.78. The van der Waals surface area contributed by atoms with Crippen LogP contribution in [0.25, 0.3) is 0 Å². The molecule has 0 saturated carbocycles. The average molecular weight is 295 g/mol. The molecular weight excluding hydrogens is 274 g/mol. The zero-order valence-electron chi connectivity index (χ0n) is 11.8. The molecule has 1 aromatic rings. The van der Waals surface area contributed by atoms with E-state index in [1.54, 1.807) is 17.3 Å². The smallest absolute Gasteiger partial charge is 0.273 e. The highest BCUT2D eigenvalue weighted by molar-refractivity contribution is 7.13. The summed E-state index contributed by atoms with van der Waals surface area (Å²) >= 11 is 1.42. The number of aromatic nitrogens is 1. The summed E-state index contributed by atoms with van der Waals surface area (Å²) in [5, 5.41) is 15.1. The molecule has 2 heterocycles. The van der Waals surface area contributed by atoms with Gasteiger partial charge < -0.3 is 15.3 Å². The van der Waals surface area contributed by atoms with Crippen molar-refractivity contribution in [2.75, 3.05) is 32.1 Å². The van der Waals surface area contributed by atoms with Crippen molar-refractivity contribution >= 4 is 22.4 Å². The van der Waals surface area contributed by atoms with Crippen LogP contribution in [-0.4, -0.2) is 47.6 Å². The second-order valence-electron chi connectivity index (χ2n) is 5.27. The first-order chi connectivity index (χ1) is 9.64. The van der Waals surface area contributed by atoms with Gasteiger partial charge in [-0.3, -0.25) is 4.79 Å². The number of aliphatic hydroxyl groups is 1. The second-order valence-corrected chi connectivity index (χ2v) is 6.13. The Hall–Kier alpha value is -1.40. The summed E-state index contributed by atoms with van der Waals surface area (Å²) in [6.45, 7) is 5.14. The Labute approximate surface area is 123 Å². The van der Waals surface area contributed by atoms with Crippen LogP contribution in [0, 0.1) is 5.41 Å². The SMILES string of the molecule is C=CCC1(CO)CCCN(C(=O)c2csc(NC)n2)C1. The molecule has 6 heteroatoms. The Morgan fingerprint density at radius 2 is 2.55 bits per heavy atom. The van der Waals surface area contributed by atoms with E-state index in [0.717, 1.165) is 30.9 Å². The van der Waals surface area contributed by atoms with Gasteiger partial charge in [-0.1, -0.05) is 6.08 Å². The van der Waals surface area contributed by atoms with Gasteiger partial charge in [0.05, 0.1) is 6.61 Å². The highest BCUT2D eigenvalue weighted by Crippen LogP contribution is 2.34. The van der Waals surface area contributed by atoms with Crippen LogP contribution in [0.2, 0.25) is 0 Å². The highest BCUT2D eigenvalue weighted by Gasteiger charge is 2.36. The van der Waals surface area contributed by atoms with Gasteiger partial charge in [0.15, 0.2) is 5.13 Å². The number of rotatable bonds is 5. The lowest BCUT2D eigenvalue weighted by Gasteiger charge is -2.41. The first kappa shape index (κ1) is 15.0. The van der Waals surface area contributed by atoms with Crippen LogP contribution >= 0.6 is 11.3 Å². The molecule has 1 aliphatic rings. The molecule has 5 nitrogen and oxygen atoms in total. The molecule has 1 aromatic heterocycles. The number of aliphatic hydroxyl groups excluding tert-OH is 1. The third-order valence-electron chi connectivity index (χ3n) is 3.80. The monoisotopic (exact) mass is 295 g/mol. The maximum atomic E-state index is 12.5. The Bertz CT molecular complexity index is 489. The van der Waals surface area contributed by atoms with Crippen molar-refractivity contribution in [1.82, 2.24) is 9.88 Å². The van der Waals surface area contributed by atoms with Gasteiger partial charge in [-0.05, 0) is 19.3 Å². The van der Waals surface area contributed by atoms with Gasteiger partial charge in [0.25, 0.3) is 5.91 Å². The Kier molecular flexibility index (Phi) is 4.77. The molecule has 20 heavy (non-hydrogen) atoms. The van der Waals surface area contributed by atoms with E-state index in [1.807, 2.05) is 6.08 Å². The van der Waals surface area contributed by atoms with Crippen LogP contribution < -0.4 is 5.32 Å². The zero-order valence-corrected chi connectivity index (χ0v) is 12.6. The number of allylic oxidation sites excluding steroid dienone is 1. The molecule has 0 bridgehead atoms. The molecule has 1 fully saturated rings. The minimum Gasteiger partial charge on any atom is -0.396 e. The molecule has 0 aliphatic carbocycles. The molecule has 110 valence electrons. The number of amides is 1. The minimum absolute atomic E-state index is 0.0515. The summed E-state index contributed by atoms with van der Waals surface area (Å²) in [6, 6.07) is 0. The molecule has 1 amide bonds. The molecule has 2 N–H and O–H groups in total. The molecule has 1 atom stereocenters.